The van der Waals surface area contributed by atoms with Gasteiger partial charge in [-0.3, -0.25) is 0 Å². The highest BCUT2D eigenvalue weighted by Crippen LogP contribution is 2.45. The highest BCUT2D eigenvalue weighted by molar-refractivity contribution is 7.12. The second-order valence-electron chi connectivity index (χ2n) is 8.11. The van der Waals surface area contributed by atoms with Gasteiger partial charge in [-0.1, -0.05) is 12.1 Å². The number of methoxy groups -OCH3 is 1. The topological polar surface area (TPSA) is 41.6 Å². The maximum Gasteiger partial charge on any atom is 0.322 e. The minimum absolute atomic E-state index is 0.142. The standard InChI is InChI=1S/C25H25FN2O2S/c1-30-19-12-10-18(11-13-19)27-25(29)28-15-14-21-20-4-2-3-5-22(20)31-24(21)23(28)16-6-8-17(26)9-7-16/h6-13,23H,2-5,14-15H2,1H3,(H,27,29)/t23-/m0/s1. The van der Waals surface area contributed by atoms with Gasteiger partial charge in [0.05, 0.1) is 13.2 Å². The molecule has 1 aliphatic carbocycles. The highest BCUT2D eigenvalue weighted by Gasteiger charge is 2.36. The van der Waals surface area contributed by atoms with Crippen LogP contribution in [0.2, 0.25) is 0 Å². The van der Waals surface area contributed by atoms with Crippen molar-refractivity contribution in [2.24, 2.45) is 0 Å². The van der Waals surface area contributed by atoms with E-state index in [4.69, 9.17) is 4.74 Å². The van der Waals surface area contributed by atoms with Crippen molar-refractivity contribution in [2.45, 2.75) is 38.1 Å². The zero-order valence-electron chi connectivity index (χ0n) is 17.5. The van der Waals surface area contributed by atoms with Gasteiger partial charge in [-0.15, -0.1) is 11.3 Å². The Morgan fingerprint density at radius 2 is 1.77 bits per heavy atom. The van der Waals surface area contributed by atoms with E-state index >= 15 is 0 Å². The minimum Gasteiger partial charge on any atom is -0.497 e. The zero-order valence-corrected chi connectivity index (χ0v) is 18.3. The summed E-state index contributed by atoms with van der Waals surface area (Å²) in [6.45, 7) is 0.639. The number of halogens is 1. The first-order chi connectivity index (χ1) is 15.1. The second-order valence-corrected chi connectivity index (χ2v) is 9.25. The summed E-state index contributed by atoms with van der Waals surface area (Å²) in [4.78, 5) is 17.9. The van der Waals surface area contributed by atoms with Crippen molar-refractivity contribution in [3.05, 3.63) is 80.8 Å². The molecule has 0 spiro atoms. The molecule has 1 atom stereocenters. The van der Waals surface area contributed by atoms with E-state index in [1.54, 1.807) is 7.11 Å². The second kappa shape index (κ2) is 8.35. The lowest BCUT2D eigenvalue weighted by Crippen LogP contribution is -2.42. The number of carbonyl (C=O) groups is 1. The summed E-state index contributed by atoms with van der Waals surface area (Å²) in [7, 11) is 1.62. The Hall–Kier alpha value is -2.86. The number of nitrogens with one attached hydrogen (secondary N) is 1. The van der Waals surface area contributed by atoms with Crippen molar-refractivity contribution in [1.82, 2.24) is 4.90 Å². The van der Waals surface area contributed by atoms with Gasteiger partial charge in [0.25, 0.3) is 0 Å². The van der Waals surface area contributed by atoms with Gasteiger partial charge in [0.2, 0.25) is 0 Å². The van der Waals surface area contributed by atoms with Crippen LogP contribution in [-0.2, 0) is 19.3 Å². The Bertz CT molecular complexity index is 1090. The van der Waals surface area contributed by atoms with E-state index in [2.05, 4.69) is 5.32 Å². The van der Waals surface area contributed by atoms with Gasteiger partial charge >= 0.3 is 6.03 Å². The number of nitrogens with zero attached hydrogens (tertiary/aromatic N) is 1. The van der Waals surface area contributed by atoms with Crippen LogP contribution in [0.1, 0.15) is 45.3 Å². The van der Waals surface area contributed by atoms with Crippen LogP contribution in [0.25, 0.3) is 0 Å². The molecule has 31 heavy (non-hydrogen) atoms. The van der Waals surface area contributed by atoms with E-state index in [1.807, 2.05) is 52.6 Å². The lowest BCUT2D eigenvalue weighted by molar-refractivity contribution is 0.195. The fourth-order valence-corrected chi connectivity index (χ4v) is 6.30. The number of thiophene rings is 1. The molecule has 1 aromatic heterocycles. The van der Waals surface area contributed by atoms with Gasteiger partial charge in [-0.2, -0.15) is 0 Å². The number of aryl methyl sites for hydroxylation is 1. The third-order valence-corrected chi connectivity index (χ3v) is 7.65. The number of hydrogen-bond donors (Lipinski definition) is 1. The number of urea groups is 1. The molecule has 2 heterocycles. The monoisotopic (exact) mass is 436 g/mol. The van der Waals surface area contributed by atoms with Gasteiger partial charge in [-0.25, -0.2) is 9.18 Å². The number of fused-ring (bicyclic) bond motifs is 3. The largest absolute Gasteiger partial charge is 0.497 e. The number of carbonyl (C=O) groups excluding carboxylic acids is 1. The SMILES string of the molecule is COc1ccc(NC(=O)N2CCc3c(sc4c3CCCC4)[C@@H]2c2ccc(F)cc2)cc1. The maximum absolute atomic E-state index is 13.6. The van der Waals surface area contributed by atoms with E-state index < -0.39 is 0 Å². The molecule has 1 aliphatic heterocycles. The molecule has 2 aromatic carbocycles. The fourth-order valence-electron chi connectivity index (χ4n) is 4.72. The van der Waals surface area contributed by atoms with Crippen LogP contribution in [0, 0.1) is 5.82 Å². The van der Waals surface area contributed by atoms with Crippen LogP contribution in [0.15, 0.2) is 48.5 Å². The van der Waals surface area contributed by atoms with E-state index in [1.165, 1.54) is 45.9 Å². The van der Waals surface area contributed by atoms with Crippen LogP contribution in [0.5, 0.6) is 5.75 Å². The molecule has 3 aromatic rings. The number of amides is 2. The van der Waals surface area contributed by atoms with Gasteiger partial charge in [0, 0.05) is 22.0 Å². The van der Waals surface area contributed by atoms with E-state index in [9.17, 15) is 9.18 Å². The summed E-state index contributed by atoms with van der Waals surface area (Å²) in [5.41, 5.74) is 4.60. The number of rotatable bonds is 3. The van der Waals surface area contributed by atoms with Crippen molar-refractivity contribution in [2.75, 3.05) is 19.0 Å². The third-order valence-electron chi connectivity index (χ3n) is 6.26. The molecule has 0 unspecified atom stereocenters. The van der Waals surface area contributed by atoms with Crippen molar-refractivity contribution < 1.29 is 13.9 Å². The van der Waals surface area contributed by atoms with E-state index in [0.717, 1.165) is 36.3 Å². The molecule has 6 heteroatoms. The van der Waals surface area contributed by atoms with Gasteiger partial charge < -0.3 is 15.0 Å². The molecule has 160 valence electrons. The number of benzene rings is 2. The molecule has 0 fully saturated rings. The highest BCUT2D eigenvalue weighted by atomic mass is 32.1. The number of anilines is 1. The lowest BCUT2D eigenvalue weighted by Gasteiger charge is -2.36. The Morgan fingerprint density at radius 1 is 1.03 bits per heavy atom. The van der Waals surface area contributed by atoms with Crippen molar-refractivity contribution in [3.8, 4) is 5.75 Å². The molecule has 5 rings (SSSR count). The molecular formula is C25H25FN2O2S. The summed E-state index contributed by atoms with van der Waals surface area (Å²) < 4.78 is 18.8. The zero-order chi connectivity index (χ0) is 21.4. The summed E-state index contributed by atoms with van der Waals surface area (Å²) in [6, 6.07) is 13.6. The Labute approximate surface area is 185 Å². The van der Waals surface area contributed by atoms with Gasteiger partial charge in [0.1, 0.15) is 11.6 Å². The van der Waals surface area contributed by atoms with E-state index in [0.29, 0.717) is 6.54 Å². The quantitative estimate of drug-likeness (QED) is 0.551. The molecule has 0 radical (unpaired) electrons. The number of hydrogen-bond acceptors (Lipinski definition) is 3. The van der Waals surface area contributed by atoms with Gasteiger partial charge in [0.15, 0.2) is 0 Å². The minimum atomic E-state index is -0.264. The molecule has 0 saturated carbocycles. The summed E-state index contributed by atoms with van der Waals surface area (Å²) >= 11 is 1.85. The third kappa shape index (κ3) is 3.81. The summed E-state index contributed by atoms with van der Waals surface area (Å²) in [5.74, 6) is 0.480. The number of ether oxygens (including phenoxy) is 1. The molecule has 4 nitrogen and oxygen atoms in total. The molecular weight excluding hydrogens is 411 g/mol. The molecule has 2 aliphatic rings. The summed E-state index contributed by atoms with van der Waals surface area (Å²) in [6.07, 6.45) is 5.60. The molecule has 0 bridgehead atoms. The Balaban J connectivity index is 1.50. The molecule has 2 amide bonds. The van der Waals surface area contributed by atoms with E-state index in [-0.39, 0.29) is 17.9 Å². The van der Waals surface area contributed by atoms with Crippen LogP contribution >= 0.6 is 11.3 Å². The molecule has 0 saturated heterocycles. The van der Waals surface area contributed by atoms with Gasteiger partial charge in [-0.05, 0) is 85.2 Å². The van der Waals surface area contributed by atoms with Crippen molar-refractivity contribution in [3.63, 3.8) is 0 Å². The van der Waals surface area contributed by atoms with Crippen molar-refractivity contribution >= 4 is 23.1 Å². The van der Waals surface area contributed by atoms with Crippen LogP contribution in [-0.4, -0.2) is 24.6 Å². The maximum atomic E-state index is 13.6. The Kier molecular flexibility index (Phi) is 5.40. The fraction of sp³-hybridized carbons (Fsp3) is 0.320. The normalized spacial score (nSPS) is 17.6. The first kappa shape index (κ1) is 20.1. The van der Waals surface area contributed by atoms with Crippen LogP contribution < -0.4 is 10.1 Å². The predicted molar refractivity (Wildman–Crippen MR) is 122 cm³/mol. The molecule has 1 N–H and O–H groups in total. The first-order valence-corrected chi connectivity index (χ1v) is 11.6. The smallest absolute Gasteiger partial charge is 0.322 e. The Morgan fingerprint density at radius 3 is 2.52 bits per heavy atom. The summed E-state index contributed by atoms with van der Waals surface area (Å²) in [5, 5.41) is 3.03. The predicted octanol–water partition coefficient (Wildman–Crippen LogP) is 5.95. The average Bonchev–Trinajstić information content (AvgIpc) is 3.18. The first-order valence-electron chi connectivity index (χ1n) is 10.7. The lowest BCUT2D eigenvalue weighted by atomic mass is 9.88. The van der Waals surface area contributed by atoms with Crippen molar-refractivity contribution in [1.29, 1.82) is 0 Å². The average molecular weight is 437 g/mol. The van der Waals surface area contributed by atoms with Crippen LogP contribution in [0.3, 0.4) is 0 Å². The van der Waals surface area contributed by atoms with Crippen LogP contribution in [0.4, 0.5) is 14.9 Å².